The van der Waals surface area contributed by atoms with Gasteiger partial charge >= 0.3 is 0 Å². The quantitative estimate of drug-likeness (QED) is 0.336. The Bertz CT molecular complexity index is 130. The Morgan fingerprint density at radius 2 is 2.09 bits per heavy atom. The smallest absolute Gasteiger partial charge is 0.207 e. The minimum atomic E-state index is 0.636. The van der Waals surface area contributed by atoms with E-state index in [1.165, 1.54) is 0 Å². The van der Waals surface area contributed by atoms with Crippen LogP contribution in [0.2, 0.25) is 0 Å². The number of hydrogen-bond acceptors (Lipinski definition) is 1. The highest BCUT2D eigenvalue weighted by atomic mass is 16.1. The summed E-state index contributed by atoms with van der Waals surface area (Å²) < 4.78 is 0. The Morgan fingerprint density at radius 3 is 2.73 bits per heavy atom. The molecule has 0 unspecified atom stereocenters. The third-order valence-corrected chi connectivity index (χ3v) is 1.26. The van der Waals surface area contributed by atoms with Crippen LogP contribution in [0.1, 0.15) is 19.3 Å². The number of allylic oxidation sites excluding steroid dienone is 2. The van der Waals surface area contributed by atoms with E-state index in [-0.39, 0.29) is 0 Å². The van der Waals surface area contributed by atoms with Gasteiger partial charge < -0.3 is 5.32 Å². The third kappa shape index (κ3) is 8.95. The van der Waals surface area contributed by atoms with Crippen LogP contribution in [0.4, 0.5) is 0 Å². The van der Waals surface area contributed by atoms with Gasteiger partial charge in [0.15, 0.2) is 0 Å². The maximum Gasteiger partial charge on any atom is 0.207 e. The van der Waals surface area contributed by atoms with Crippen molar-refractivity contribution in [3.05, 3.63) is 24.8 Å². The summed E-state index contributed by atoms with van der Waals surface area (Å²) in [5, 5.41) is 2.55. The van der Waals surface area contributed by atoms with Crippen molar-refractivity contribution < 1.29 is 4.79 Å². The zero-order chi connectivity index (χ0) is 8.36. The molecule has 0 aliphatic rings. The van der Waals surface area contributed by atoms with Crippen LogP contribution in [0.5, 0.6) is 0 Å². The van der Waals surface area contributed by atoms with Crippen LogP contribution in [-0.2, 0) is 4.79 Å². The molecule has 11 heavy (non-hydrogen) atoms. The Labute approximate surface area is 68.0 Å². The first-order chi connectivity index (χ1) is 5.41. The van der Waals surface area contributed by atoms with Crippen molar-refractivity contribution in [1.82, 2.24) is 5.32 Å². The highest BCUT2D eigenvalue weighted by Crippen LogP contribution is 1.95. The molecule has 0 saturated heterocycles. The van der Waals surface area contributed by atoms with Gasteiger partial charge in [-0.1, -0.05) is 18.2 Å². The van der Waals surface area contributed by atoms with Crippen molar-refractivity contribution in [1.29, 1.82) is 0 Å². The molecule has 62 valence electrons. The monoisotopic (exact) mass is 153 g/mol. The molecule has 1 N–H and O–H groups in total. The molecule has 0 spiro atoms. The van der Waals surface area contributed by atoms with E-state index in [4.69, 9.17) is 0 Å². The van der Waals surface area contributed by atoms with E-state index in [1.54, 1.807) is 0 Å². The first-order valence-corrected chi connectivity index (χ1v) is 3.84. The highest BCUT2D eigenvalue weighted by Gasteiger charge is 1.78. The first kappa shape index (κ1) is 9.95. The number of rotatable bonds is 7. The molecule has 0 saturated carbocycles. The van der Waals surface area contributed by atoms with Crippen LogP contribution in [-0.4, -0.2) is 13.0 Å². The van der Waals surface area contributed by atoms with Gasteiger partial charge in [0.25, 0.3) is 0 Å². The van der Waals surface area contributed by atoms with Gasteiger partial charge in [-0.2, -0.15) is 0 Å². The lowest BCUT2D eigenvalue weighted by Crippen LogP contribution is -2.09. The summed E-state index contributed by atoms with van der Waals surface area (Å²) in [6, 6.07) is 0. The summed E-state index contributed by atoms with van der Waals surface area (Å²) in [7, 11) is 0. The maximum atomic E-state index is 9.78. The molecule has 1 amide bonds. The second-order valence-corrected chi connectivity index (χ2v) is 2.22. The SMILES string of the molecule is C=CCCCC=CCNC=O. The van der Waals surface area contributed by atoms with Gasteiger partial charge in [0.1, 0.15) is 0 Å². The highest BCUT2D eigenvalue weighted by molar-refractivity contribution is 5.46. The molecule has 0 aromatic carbocycles. The average Bonchev–Trinajstić information content (AvgIpc) is 2.03. The van der Waals surface area contributed by atoms with Crippen LogP contribution in [0.3, 0.4) is 0 Å². The molecule has 0 fully saturated rings. The topological polar surface area (TPSA) is 29.1 Å². The molecule has 0 aromatic rings. The Balaban J connectivity index is 3.02. The fourth-order valence-corrected chi connectivity index (χ4v) is 0.697. The number of amides is 1. The molecule has 2 heteroatoms. The fourth-order valence-electron chi connectivity index (χ4n) is 0.697. The van der Waals surface area contributed by atoms with E-state index in [0.29, 0.717) is 13.0 Å². The van der Waals surface area contributed by atoms with E-state index in [1.807, 2.05) is 12.2 Å². The molecule has 0 rings (SSSR count). The predicted molar refractivity (Wildman–Crippen MR) is 47.3 cm³/mol. The molecule has 0 aliphatic heterocycles. The lowest BCUT2D eigenvalue weighted by Gasteiger charge is -1.90. The minimum absolute atomic E-state index is 0.636. The van der Waals surface area contributed by atoms with E-state index < -0.39 is 0 Å². The third-order valence-electron chi connectivity index (χ3n) is 1.26. The minimum Gasteiger partial charge on any atom is -0.355 e. The van der Waals surface area contributed by atoms with E-state index >= 15 is 0 Å². The first-order valence-electron chi connectivity index (χ1n) is 3.84. The summed E-state index contributed by atoms with van der Waals surface area (Å²) in [6.07, 6.45) is 9.90. The van der Waals surface area contributed by atoms with Gasteiger partial charge in [-0.25, -0.2) is 0 Å². The Kier molecular flexibility index (Phi) is 8.10. The number of unbranched alkanes of at least 4 members (excludes halogenated alkanes) is 2. The van der Waals surface area contributed by atoms with E-state index in [0.717, 1.165) is 19.3 Å². The summed E-state index contributed by atoms with van der Waals surface area (Å²) >= 11 is 0. The average molecular weight is 153 g/mol. The van der Waals surface area contributed by atoms with Gasteiger partial charge in [-0.3, -0.25) is 4.79 Å². The van der Waals surface area contributed by atoms with Crippen molar-refractivity contribution in [3.8, 4) is 0 Å². The van der Waals surface area contributed by atoms with Crippen LogP contribution in [0, 0.1) is 0 Å². The number of hydrogen-bond donors (Lipinski definition) is 1. The normalized spacial score (nSPS) is 9.82. The van der Waals surface area contributed by atoms with Crippen LogP contribution < -0.4 is 5.32 Å². The lowest BCUT2D eigenvalue weighted by molar-refractivity contribution is -0.109. The van der Waals surface area contributed by atoms with Gasteiger partial charge in [0.2, 0.25) is 6.41 Å². The maximum absolute atomic E-state index is 9.78. The molecule has 0 radical (unpaired) electrons. The molecule has 0 aliphatic carbocycles. The number of carbonyl (C=O) groups excluding carboxylic acids is 1. The fraction of sp³-hybridized carbons (Fsp3) is 0.444. The summed E-state index contributed by atoms with van der Waals surface area (Å²) in [4.78, 5) is 9.78. The van der Waals surface area contributed by atoms with Crippen molar-refractivity contribution in [2.45, 2.75) is 19.3 Å². The number of nitrogens with one attached hydrogen (secondary N) is 1. The second kappa shape index (κ2) is 8.95. The molecular weight excluding hydrogens is 138 g/mol. The predicted octanol–water partition coefficient (Wildman–Crippen LogP) is 1.64. The Morgan fingerprint density at radius 1 is 1.27 bits per heavy atom. The van der Waals surface area contributed by atoms with E-state index in [9.17, 15) is 4.79 Å². The summed E-state index contributed by atoms with van der Waals surface area (Å²) in [6.45, 7) is 4.26. The van der Waals surface area contributed by atoms with Gasteiger partial charge in [0.05, 0.1) is 0 Å². The van der Waals surface area contributed by atoms with Crippen molar-refractivity contribution in [3.63, 3.8) is 0 Å². The molecule has 0 bridgehead atoms. The van der Waals surface area contributed by atoms with Crippen molar-refractivity contribution in [2.75, 3.05) is 6.54 Å². The summed E-state index contributed by atoms with van der Waals surface area (Å²) in [5.74, 6) is 0. The molecule has 0 aromatic heterocycles. The van der Waals surface area contributed by atoms with Crippen LogP contribution in [0.15, 0.2) is 24.8 Å². The summed E-state index contributed by atoms with van der Waals surface area (Å²) in [5.41, 5.74) is 0. The molecule has 2 nitrogen and oxygen atoms in total. The largest absolute Gasteiger partial charge is 0.355 e. The molecule has 0 atom stereocenters. The molecule has 0 heterocycles. The van der Waals surface area contributed by atoms with Crippen molar-refractivity contribution in [2.24, 2.45) is 0 Å². The van der Waals surface area contributed by atoms with Crippen LogP contribution in [0.25, 0.3) is 0 Å². The second-order valence-electron chi connectivity index (χ2n) is 2.22. The Hall–Kier alpha value is -1.05. The van der Waals surface area contributed by atoms with Gasteiger partial charge in [0, 0.05) is 6.54 Å². The molecular formula is C9H15NO. The lowest BCUT2D eigenvalue weighted by atomic mass is 10.2. The standard InChI is InChI=1S/C9H15NO/c1-2-3-4-5-6-7-8-10-9-11/h2,6-7,9H,1,3-5,8H2,(H,10,11). The van der Waals surface area contributed by atoms with Gasteiger partial charge in [-0.15, -0.1) is 6.58 Å². The number of carbonyl (C=O) groups is 1. The zero-order valence-corrected chi connectivity index (χ0v) is 6.75. The van der Waals surface area contributed by atoms with Crippen LogP contribution >= 0.6 is 0 Å². The van der Waals surface area contributed by atoms with Gasteiger partial charge in [-0.05, 0) is 19.3 Å². The zero-order valence-electron chi connectivity index (χ0n) is 6.75. The van der Waals surface area contributed by atoms with Crippen molar-refractivity contribution >= 4 is 6.41 Å². The van der Waals surface area contributed by atoms with E-state index in [2.05, 4.69) is 18.0 Å².